The number of aromatic hydroxyl groups is 1. The molecule has 1 atom stereocenters. The molecule has 0 radical (unpaired) electrons. The molecule has 0 aliphatic rings. The van der Waals surface area contributed by atoms with E-state index in [-0.39, 0.29) is 17.2 Å². The molecule has 0 saturated carbocycles. The van der Waals surface area contributed by atoms with Crippen LogP contribution in [0.25, 0.3) is 0 Å². The summed E-state index contributed by atoms with van der Waals surface area (Å²) in [6.07, 6.45) is 1.08. The topological polar surface area (TPSA) is 86.6 Å². The van der Waals surface area contributed by atoms with E-state index in [1.165, 1.54) is 12.1 Å². The maximum atomic E-state index is 11.8. The lowest BCUT2D eigenvalue weighted by molar-refractivity contribution is -0.141. The van der Waals surface area contributed by atoms with E-state index < -0.39 is 11.9 Å². The molecule has 5 nitrogen and oxygen atoms in total. The number of hydrogen-bond acceptors (Lipinski definition) is 3. The van der Waals surface area contributed by atoms with Crippen LogP contribution in [0.1, 0.15) is 30.1 Å². The molecule has 1 unspecified atom stereocenters. The van der Waals surface area contributed by atoms with Gasteiger partial charge in [0.25, 0.3) is 5.91 Å². The molecule has 0 fully saturated rings. The second-order valence-corrected chi connectivity index (χ2v) is 5.21. The molecular weight excluding hydrogens is 314 g/mol. The van der Waals surface area contributed by atoms with Gasteiger partial charge < -0.3 is 15.5 Å². The Kier molecular flexibility index (Phi) is 5.82. The first-order valence-electron chi connectivity index (χ1n) is 5.91. The first kappa shape index (κ1) is 15.5. The Labute approximate surface area is 119 Å². The molecule has 104 valence electrons. The molecule has 0 spiro atoms. The maximum Gasteiger partial charge on any atom is 0.306 e. The van der Waals surface area contributed by atoms with Crippen LogP contribution in [0.3, 0.4) is 0 Å². The van der Waals surface area contributed by atoms with Crippen LogP contribution in [0.15, 0.2) is 22.7 Å². The van der Waals surface area contributed by atoms with E-state index in [9.17, 15) is 14.7 Å². The van der Waals surface area contributed by atoms with E-state index in [4.69, 9.17) is 5.11 Å². The summed E-state index contributed by atoms with van der Waals surface area (Å²) in [4.78, 5) is 22.4. The van der Waals surface area contributed by atoms with Crippen molar-refractivity contribution in [3.63, 3.8) is 0 Å². The van der Waals surface area contributed by atoms with E-state index in [2.05, 4.69) is 21.2 Å². The lowest BCUT2D eigenvalue weighted by Gasteiger charge is -2.08. The summed E-state index contributed by atoms with van der Waals surface area (Å²) in [6, 6.07) is 4.61. The average Bonchev–Trinajstić information content (AvgIpc) is 2.36. The summed E-state index contributed by atoms with van der Waals surface area (Å²) in [7, 11) is 0. The van der Waals surface area contributed by atoms with Gasteiger partial charge in [0, 0.05) is 11.0 Å². The predicted octanol–water partition coefficient (Wildman–Crippen LogP) is 2.39. The van der Waals surface area contributed by atoms with Crippen LogP contribution in [0.2, 0.25) is 0 Å². The summed E-state index contributed by atoms with van der Waals surface area (Å²) >= 11 is 3.23. The van der Waals surface area contributed by atoms with Crippen molar-refractivity contribution in [1.29, 1.82) is 0 Å². The van der Waals surface area contributed by atoms with Gasteiger partial charge in [-0.25, -0.2) is 0 Å². The fourth-order valence-electron chi connectivity index (χ4n) is 1.52. The van der Waals surface area contributed by atoms with E-state index in [1.54, 1.807) is 13.0 Å². The number of carboxylic acids is 1. The van der Waals surface area contributed by atoms with Crippen molar-refractivity contribution in [1.82, 2.24) is 5.32 Å². The first-order chi connectivity index (χ1) is 8.91. The van der Waals surface area contributed by atoms with E-state index in [0.29, 0.717) is 23.9 Å². The minimum Gasteiger partial charge on any atom is -0.507 e. The van der Waals surface area contributed by atoms with Crippen LogP contribution in [0.4, 0.5) is 0 Å². The third-order valence-corrected chi connectivity index (χ3v) is 3.22. The minimum absolute atomic E-state index is 0.0837. The van der Waals surface area contributed by atoms with Gasteiger partial charge in [0.15, 0.2) is 0 Å². The van der Waals surface area contributed by atoms with Crippen LogP contribution >= 0.6 is 15.9 Å². The van der Waals surface area contributed by atoms with Crippen molar-refractivity contribution in [2.45, 2.75) is 19.8 Å². The Hall–Kier alpha value is -1.56. The fourth-order valence-corrected chi connectivity index (χ4v) is 1.88. The van der Waals surface area contributed by atoms with Gasteiger partial charge in [-0.05, 0) is 31.0 Å². The molecule has 19 heavy (non-hydrogen) atoms. The molecule has 0 aliphatic carbocycles. The Balaban J connectivity index is 2.43. The van der Waals surface area contributed by atoms with Gasteiger partial charge >= 0.3 is 5.97 Å². The minimum atomic E-state index is -0.837. The molecule has 6 heteroatoms. The number of carboxylic acid groups (broad SMARTS) is 1. The van der Waals surface area contributed by atoms with E-state index in [0.717, 1.165) is 0 Å². The monoisotopic (exact) mass is 329 g/mol. The molecule has 1 amide bonds. The summed E-state index contributed by atoms with van der Waals surface area (Å²) in [5.74, 6) is -1.71. The first-order valence-corrected chi connectivity index (χ1v) is 6.70. The van der Waals surface area contributed by atoms with Gasteiger partial charge in [0.05, 0.1) is 11.5 Å². The zero-order chi connectivity index (χ0) is 14.4. The van der Waals surface area contributed by atoms with Crippen molar-refractivity contribution >= 4 is 27.8 Å². The molecule has 0 bridgehead atoms. The van der Waals surface area contributed by atoms with Crippen LogP contribution in [0.5, 0.6) is 5.75 Å². The molecule has 1 rings (SSSR count). The third-order valence-electron chi connectivity index (χ3n) is 2.72. The van der Waals surface area contributed by atoms with Gasteiger partial charge in [-0.3, -0.25) is 9.59 Å². The molecule has 0 aromatic heterocycles. The highest BCUT2D eigenvalue weighted by atomic mass is 79.9. The van der Waals surface area contributed by atoms with Gasteiger partial charge in [-0.15, -0.1) is 0 Å². The molecule has 0 aliphatic heterocycles. The Morgan fingerprint density at radius 1 is 1.42 bits per heavy atom. The van der Waals surface area contributed by atoms with Crippen LogP contribution < -0.4 is 5.32 Å². The van der Waals surface area contributed by atoms with Crippen LogP contribution in [0, 0.1) is 5.92 Å². The number of rotatable bonds is 6. The number of phenols is 1. The maximum absolute atomic E-state index is 11.8. The van der Waals surface area contributed by atoms with Crippen LogP contribution in [-0.2, 0) is 4.79 Å². The lowest BCUT2D eigenvalue weighted by Crippen LogP contribution is -2.25. The second-order valence-electron chi connectivity index (χ2n) is 4.30. The molecular formula is C13H16BrNO4. The van der Waals surface area contributed by atoms with Crippen molar-refractivity contribution in [3.05, 3.63) is 28.2 Å². The Morgan fingerprint density at radius 2 is 2.11 bits per heavy atom. The smallest absolute Gasteiger partial charge is 0.306 e. The molecule has 1 aromatic carbocycles. The van der Waals surface area contributed by atoms with Crippen molar-refractivity contribution in [2.24, 2.45) is 5.92 Å². The fraction of sp³-hybridized carbons (Fsp3) is 0.385. The SMILES string of the molecule is CC(CCCNC(=O)c1cc(Br)ccc1O)C(=O)O. The molecule has 0 heterocycles. The highest BCUT2D eigenvalue weighted by Gasteiger charge is 2.12. The summed E-state index contributed by atoms with van der Waals surface area (Å²) in [5, 5.41) is 20.9. The van der Waals surface area contributed by atoms with E-state index in [1.807, 2.05) is 0 Å². The number of carbonyl (C=O) groups excluding carboxylic acids is 1. The Morgan fingerprint density at radius 3 is 2.74 bits per heavy atom. The normalized spacial score (nSPS) is 11.9. The Bertz CT molecular complexity index is 476. The number of amides is 1. The number of halogens is 1. The van der Waals surface area contributed by atoms with E-state index >= 15 is 0 Å². The summed E-state index contributed by atoms with van der Waals surface area (Å²) in [6.45, 7) is 2.01. The van der Waals surface area contributed by atoms with Gasteiger partial charge in [-0.2, -0.15) is 0 Å². The quantitative estimate of drug-likeness (QED) is 0.699. The number of nitrogens with one attached hydrogen (secondary N) is 1. The average molecular weight is 330 g/mol. The van der Waals surface area contributed by atoms with Crippen molar-refractivity contribution < 1.29 is 19.8 Å². The largest absolute Gasteiger partial charge is 0.507 e. The summed E-state index contributed by atoms with van der Waals surface area (Å²) in [5.41, 5.74) is 0.195. The van der Waals surface area contributed by atoms with Crippen molar-refractivity contribution in [3.8, 4) is 5.75 Å². The molecule has 1 aromatic rings. The summed E-state index contributed by atoms with van der Waals surface area (Å²) < 4.78 is 0.704. The predicted molar refractivity (Wildman–Crippen MR) is 74.2 cm³/mol. The van der Waals surface area contributed by atoms with Gasteiger partial charge in [-0.1, -0.05) is 22.9 Å². The van der Waals surface area contributed by atoms with Crippen LogP contribution in [-0.4, -0.2) is 28.6 Å². The zero-order valence-corrected chi connectivity index (χ0v) is 12.1. The second kappa shape index (κ2) is 7.13. The highest BCUT2D eigenvalue weighted by molar-refractivity contribution is 9.10. The highest BCUT2D eigenvalue weighted by Crippen LogP contribution is 2.21. The molecule has 0 saturated heterocycles. The van der Waals surface area contributed by atoms with Gasteiger partial charge in [0.2, 0.25) is 0 Å². The lowest BCUT2D eigenvalue weighted by atomic mass is 10.1. The standard InChI is InChI=1S/C13H16BrNO4/c1-8(13(18)19)3-2-6-15-12(17)10-7-9(14)4-5-11(10)16/h4-5,7-8,16H,2-3,6H2,1H3,(H,15,17)(H,18,19). The number of aliphatic carboxylic acids is 1. The number of carbonyl (C=O) groups is 2. The molecule has 3 N–H and O–H groups in total. The zero-order valence-electron chi connectivity index (χ0n) is 10.5. The van der Waals surface area contributed by atoms with Crippen molar-refractivity contribution in [2.75, 3.05) is 6.54 Å². The third kappa shape index (κ3) is 4.90. The number of hydrogen-bond donors (Lipinski definition) is 3. The number of phenolic OH excluding ortho intramolecular Hbond substituents is 1. The number of benzene rings is 1. The van der Waals surface area contributed by atoms with Gasteiger partial charge in [0.1, 0.15) is 5.75 Å².